The molecule has 32 heavy (non-hydrogen) atoms. The van der Waals surface area contributed by atoms with Crippen LogP contribution in [0, 0.1) is 0 Å². The number of hydrogen-bond donors (Lipinski definition) is 1. The smallest absolute Gasteiger partial charge is 0.398 e. The van der Waals surface area contributed by atoms with Crippen molar-refractivity contribution in [2.24, 2.45) is 0 Å². The lowest BCUT2D eigenvalue weighted by Crippen LogP contribution is -2.49. The van der Waals surface area contributed by atoms with Gasteiger partial charge in [0.05, 0.1) is 11.0 Å². The van der Waals surface area contributed by atoms with E-state index in [1.807, 2.05) is 0 Å². The molecule has 3 heterocycles. The summed E-state index contributed by atoms with van der Waals surface area (Å²) in [5, 5.41) is 4.49. The maximum Gasteiger partial charge on any atom is 0.398 e. The van der Waals surface area contributed by atoms with E-state index in [0.717, 1.165) is 10.4 Å². The summed E-state index contributed by atoms with van der Waals surface area (Å²) >= 11 is 1.41. The van der Waals surface area contributed by atoms with E-state index in [1.54, 1.807) is 22.4 Å². The maximum absolute atomic E-state index is 13.3. The van der Waals surface area contributed by atoms with Crippen LogP contribution in [0.3, 0.4) is 0 Å². The van der Waals surface area contributed by atoms with Gasteiger partial charge in [0.25, 0.3) is 5.91 Å². The Kier molecular flexibility index (Phi) is 4.85. The molecule has 1 saturated carbocycles. The fourth-order valence-corrected chi connectivity index (χ4v) is 5.43. The third-order valence-corrected chi connectivity index (χ3v) is 7.57. The van der Waals surface area contributed by atoms with Crippen molar-refractivity contribution >= 4 is 23.2 Å². The van der Waals surface area contributed by atoms with Gasteiger partial charge in [0.1, 0.15) is 18.4 Å². The molecule has 9 heteroatoms. The number of ether oxygens (including phenoxy) is 1. The largest absolute Gasteiger partial charge is 0.488 e. The highest BCUT2D eigenvalue weighted by Crippen LogP contribution is 2.59. The van der Waals surface area contributed by atoms with Crippen LogP contribution in [0.15, 0.2) is 41.9 Å². The van der Waals surface area contributed by atoms with Gasteiger partial charge in [0.2, 0.25) is 5.91 Å². The molecule has 1 saturated heterocycles. The number of piperidine rings is 1. The number of carbonyl (C=O) groups is 2. The van der Waals surface area contributed by atoms with Crippen molar-refractivity contribution in [2.45, 2.75) is 56.5 Å². The van der Waals surface area contributed by atoms with Crippen LogP contribution in [0.5, 0.6) is 5.75 Å². The van der Waals surface area contributed by atoms with Crippen LogP contribution >= 0.6 is 11.3 Å². The average molecular weight is 462 g/mol. The lowest BCUT2D eigenvalue weighted by Gasteiger charge is -2.31. The summed E-state index contributed by atoms with van der Waals surface area (Å²) in [6.45, 7) is 4.32. The number of nitrogens with one attached hydrogen (secondary N) is 1. The number of carbonyl (C=O) groups excluding carboxylic acids is 2. The second-order valence-corrected chi connectivity index (χ2v) is 9.49. The molecule has 1 aromatic carbocycles. The minimum atomic E-state index is -4.24. The molecule has 2 amide bonds. The predicted octanol–water partition coefficient (Wildman–Crippen LogP) is 4.67. The van der Waals surface area contributed by atoms with Crippen molar-refractivity contribution < 1.29 is 27.5 Å². The third-order valence-electron chi connectivity index (χ3n) is 6.57. The molecule has 2 aromatic rings. The molecule has 1 aromatic heterocycles. The summed E-state index contributed by atoms with van der Waals surface area (Å²) in [7, 11) is 0. The molecule has 2 aliphatic heterocycles. The van der Waals surface area contributed by atoms with Crippen LogP contribution in [-0.4, -0.2) is 28.9 Å². The highest BCUT2D eigenvalue weighted by atomic mass is 32.1. The highest BCUT2D eigenvalue weighted by molar-refractivity contribution is 7.10. The number of hydrogen-bond acceptors (Lipinski definition) is 4. The van der Waals surface area contributed by atoms with E-state index in [-0.39, 0.29) is 36.8 Å². The maximum atomic E-state index is 13.3. The molecule has 1 atom stereocenters. The van der Waals surface area contributed by atoms with Gasteiger partial charge in [-0.2, -0.15) is 13.2 Å². The Balaban J connectivity index is 1.26. The number of allylic oxidation sites excluding steroid dienone is 1. The third kappa shape index (κ3) is 3.39. The van der Waals surface area contributed by atoms with Gasteiger partial charge in [-0.3, -0.25) is 9.59 Å². The topological polar surface area (TPSA) is 58.6 Å². The minimum absolute atomic E-state index is 0.121. The Labute approximate surface area is 186 Å². The van der Waals surface area contributed by atoms with Gasteiger partial charge in [0.15, 0.2) is 0 Å². The first-order valence-electron chi connectivity index (χ1n) is 10.4. The molecule has 0 unspecified atom stereocenters. The zero-order chi connectivity index (χ0) is 22.7. The fourth-order valence-electron chi connectivity index (χ4n) is 4.48. The lowest BCUT2D eigenvalue weighted by atomic mass is 9.95. The summed E-state index contributed by atoms with van der Waals surface area (Å²) in [5.74, 6) is 0.0928. The second kappa shape index (κ2) is 7.37. The SMILES string of the molecule is C=C1CC[C@H](N2Cc3c(csc3COc3ccc(C4(C(F)(F)F)CC4)cc3)C2=O)C(=O)N1. The monoisotopic (exact) mass is 462 g/mol. The van der Waals surface area contributed by atoms with Crippen LogP contribution in [0.25, 0.3) is 0 Å². The van der Waals surface area contributed by atoms with Crippen LogP contribution in [0.2, 0.25) is 0 Å². The highest BCUT2D eigenvalue weighted by Gasteiger charge is 2.64. The number of amides is 2. The normalized spacial score (nSPS) is 22.0. The van der Waals surface area contributed by atoms with Crippen molar-refractivity contribution in [3.8, 4) is 5.75 Å². The molecule has 0 bridgehead atoms. The van der Waals surface area contributed by atoms with E-state index < -0.39 is 17.6 Å². The Morgan fingerprint density at radius 1 is 1.22 bits per heavy atom. The van der Waals surface area contributed by atoms with Crippen LogP contribution < -0.4 is 10.1 Å². The molecule has 2 fully saturated rings. The Hall–Kier alpha value is -2.81. The van der Waals surface area contributed by atoms with E-state index in [0.29, 0.717) is 36.4 Å². The van der Waals surface area contributed by atoms with E-state index in [1.165, 1.54) is 23.5 Å². The molecule has 1 aliphatic carbocycles. The van der Waals surface area contributed by atoms with Crippen molar-refractivity contribution in [1.82, 2.24) is 10.2 Å². The van der Waals surface area contributed by atoms with E-state index in [2.05, 4.69) is 11.9 Å². The summed E-state index contributed by atoms with van der Waals surface area (Å²) < 4.78 is 45.7. The number of fused-ring (bicyclic) bond motifs is 1. The molecule has 168 valence electrons. The zero-order valence-electron chi connectivity index (χ0n) is 17.1. The first kappa shape index (κ1) is 21.1. The number of halogens is 3. The van der Waals surface area contributed by atoms with Gasteiger partial charge < -0.3 is 15.0 Å². The molecular weight excluding hydrogens is 441 g/mol. The molecule has 3 aliphatic rings. The van der Waals surface area contributed by atoms with Gasteiger partial charge in [-0.05, 0) is 43.4 Å². The number of rotatable bonds is 5. The van der Waals surface area contributed by atoms with Crippen molar-refractivity contribution in [3.63, 3.8) is 0 Å². The second-order valence-electron chi connectivity index (χ2n) is 8.52. The first-order valence-corrected chi connectivity index (χ1v) is 11.3. The average Bonchev–Trinajstić information content (AvgIpc) is 3.39. The summed E-state index contributed by atoms with van der Waals surface area (Å²) in [6, 6.07) is 5.57. The van der Waals surface area contributed by atoms with Gasteiger partial charge in [-0.15, -0.1) is 11.3 Å². The molecule has 0 radical (unpaired) electrons. The van der Waals surface area contributed by atoms with Crippen LogP contribution in [0.1, 0.15) is 52.0 Å². The number of thiophene rings is 1. The lowest BCUT2D eigenvalue weighted by molar-refractivity contribution is -0.160. The first-order chi connectivity index (χ1) is 15.2. The summed E-state index contributed by atoms with van der Waals surface area (Å²) in [6.07, 6.45) is -2.82. The quantitative estimate of drug-likeness (QED) is 0.703. The Morgan fingerprint density at radius 3 is 2.56 bits per heavy atom. The number of nitrogens with zero attached hydrogens (tertiary/aromatic N) is 1. The van der Waals surface area contributed by atoms with Gasteiger partial charge in [-0.1, -0.05) is 18.7 Å². The van der Waals surface area contributed by atoms with Crippen molar-refractivity contribution in [3.05, 3.63) is 63.5 Å². The van der Waals surface area contributed by atoms with E-state index >= 15 is 0 Å². The number of benzene rings is 1. The molecule has 0 spiro atoms. The van der Waals surface area contributed by atoms with Gasteiger partial charge >= 0.3 is 6.18 Å². The van der Waals surface area contributed by atoms with Crippen molar-refractivity contribution in [1.29, 1.82) is 0 Å². The molecule has 5 nitrogen and oxygen atoms in total. The zero-order valence-corrected chi connectivity index (χ0v) is 17.9. The van der Waals surface area contributed by atoms with Crippen LogP contribution in [-0.2, 0) is 23.4 Å². The summed E-state index contributed by atoms with van der Waals surface area (Å²) in [4.78, 5) is 27.6. The Morgan fingerprint density at radius 2 is 1.94 bits per heavy atom. The number of alkyl halides is 3. The van der Waals surface area contributed by atoms with E-state index in [4.69, 9.17) is 4.74 Å². The summed E-state index contributed by atoms with van der Waals surface area (Å²) in [5.41, 5.74) is 0.658. The predicted molar refractivity (Wildman–Crippen MR) is 112 cm³/mol. The van der Waals surface area contributed by atoms with Gasteiger partial charge in [0, 0.05) is 28.1 Å². The molecule has 1 N–H and O–H groups in total. The molecule has 5 rings (SSSR count). The van der Waals surface area contributed by atoms with Crippen molar-refractivity contribution in [2.75, 3.05) is 0 Å². The fraction of sp³-hybridized carbons (Fsp3) is 0.391. The van der Waals surface area contributed by atoms with Gasteiger partial charge in [-0.25, -0.2) is 0 Å². The minimum Gasteiger partial charge on any atom is -0.488 e. The molecular formula is C23H21F3N2O3S. The van der Waals surface area contributed by atoms with E-state index in [9.17, 15) is 22.8 Å². The van der Waals surface area contributed by atoms with Crippen LogP contribution in [0.4, 0.5) is 13.2 Å². The Bertz CT molecular complexity index is 1100. The standard InChI is InChI=1S/C23H21F3N2O3S/c1-13-2-7-18(20(29)27-13)28-10-16-17(21(28)30)12-32-19(16)11-31-15-5-3-14(4-6-15)22(8-9-22)23(24,25)26/h3-6,12,18H,1-2,7-11H2,(H,27,29)/t18-/m0/s1.